The standard InChI is InChI=1S/C18H19ClN2O3/c1-23-13-5-6-14(16(11-13)24-2)15-4-3-9-21(15)18(22)12-7-8-20-17(19)10-12/h5-8,10-11,15H,3-4,9H2,1-2H3. The first kappa shape index (κ1) is 16.6. The number of amides is 1. The van der Waals surface area contributed by atoms with Gasteiger partial charge in [-0.15, -0.1) is 0 Å². The summed E-state index contributed by atoms with van der Waals surface area (Å²) < 4.78 is 10.8. The van der Waals surface area contributed by atoms with Crippen LogP contribution in [0.25, 0.3) is 0 Å². The van der Waals surface area contributed by atoms with Crippen molar-refractivity contribution in [3.63, 3.8) is 0 Å². The highest BCUT2D eigenvalue weighted by Gasteiger charge is 2.32. The fourth-order valence-corrected chi connectivity index (χ4v) is 3.30. The number of hydrogen-bond acceptors (Lipinski definition) is 4. The Labute approximate surface area is 146 Å². The van der Waals surface area contributed by atoms with Crippen molar-refractivity contribution in [2.75, 3.05) is 20.8 Å². The summed E-state index contributed by atoms with van der Waals surface area (Å²) in [4.78, 5) is 18.7. The molecule has 0 spiro atoms. The highest BCUT2D eigenvalue weighted by atomic mass is 35.5. The van der Waals surface area contributed by atoms with Crippen molar-refractivity contribution in [2.24, 2.45) is 0 Å². The molecule has 0 bridgehead atoms. The van der Waals surface area contributed by atoms with Gasteiger partial charge in [0.2, 0.25) is 0 Å². The van der Waals surface area contributed by atoms with E-state index >= 15 is 0 Å². The number of rotatable bonds is 4. The first-order chi connectivity index (χ1) is 11.6. The van der Waals surface area contributed by atoms with E-state index in [4.69, 9.17) is 21.1 Å². The topological polar surface area (TPSA) is 51.7 Å². The Kier molecular flexibility index (Phi) is 4.90. The zero-order chi connectivity index (χ0) is 17.1. The van der Waals surface area contributed by atoms with Crippen molar-refractivity contribution in [3.8, 4) is 11.5 Å². The average molecular weight is 347 g/mol. The summed E-state index contributed by atoms with van der Waals surface area (Å²) in [6, 6.07) is 8.97. The van der Waals surface area contributed by atoms with Crippen LogP contribution < -0.4 is 9.47 Å². The Morgan fingerprint density at radius 1 is 1.25 bits per heavy atom. The van der Waals surface area contributed by atoms with Crippen molar-refractivity contribution < 1.29 is 14.3 Å². The minimum atomic E-state index is -0.0420. The van der Waals surface area contributed by atoms with E-state index < -0.39 is 0 Å². The molecule has 24 heavy (non-hydrogen) atoms. The molecule has 0 aliphatic carbocycles. The highest BCUT2D eigenvalue weighted by molar-refractivity contribution is 6.29. The molecule has 0 N–H and O–H groups in total. The summed E-state index contributed by atoms with van der Waals surface area (Å²) in [5.41, 5.74) is 1.54. The summed E-state index contributed by atoms with van der Waals surface area (Å²) >= 11 is 5.91. The zero-order valence-corrected chi connectivity index (χ0v) is 14.4. The van der Waals surface area contributed by atoms with Crippen LogP contribution in [-0.4, -0.2) is 36.6 Å². The average Bonchev–Trinajstić information content (AvgIpc) is 3.09. The molecule has 2 heterocycles. The third kappa shape index (κ3) is 3.17. The summed E-state index contributed by atoms with van der Waals surface area (Å²) in [6.07, 6.45) is 3.40. The van der Waals surface area contributed by atoms with E-state index in [9.17, 15) is 4.79 Å². The van der Waals surface area contributed by atoms with Crippen LogP contribution in [0.5, 0.6) is 11.5 Å². The third-order valence-electron chi connectivity index (χ3n) is 4.29. The van der Waals surface area contributed by atoms with E-state index in [2.05, 4.69) is 4.98 Å². The molecule has 1 aliphatic heterocycles. The maximum Gasteiger partial charge on any atom is 0.254 e. The number of nitrogens with zero attached hydrogens (tertiary/aromatic N) is 2. The van der Waals surface area contributed by atoms with Gasteiger partial charge in [0.25, 0.3) is 5.91 Å². The molecule has 1 saturated heterocycles. The van der Waals surface area contributed by atoms with Crippen molar-refractivity contribution >= 4 is 17.5 Å². The monoisotopic (exact) mass is 346 g/mol. The Balaban J connectivity index is 1.92. The summed E-state index contributed by atoms with van der Waals surface area (Å²) in [6.45, 7) is 0.707. The predicted molar refractivity (Wildman–Crippen MR) is 91.8 cm³/mol. The number of hydrogen-bond donors (Lipinski definition) is 0. The summed E-state index contributed by atoms with van der Waals surface area (Å²) in [5, 5.41) is 0.318. The minimum absolute atomic E-state index is 0.0229. The van der Waals surface area contributed by atoms with Crippen LogP contribution in [0.3, 0.4) is 0 Å². The lowest BCUT2D eigenvalue weighted by molar-refractivity contribution is 0.0734. The molecule has 126 valence electrons. The molecule has 5 nitrogen and oxygen atoms in total. The number of benzene rings is 1. The number of halogens is 1. The van der Waals surface area contributed by atoms with Crippen molar-refractivity contribution in [3.05, 3.63) is 52.8 Å². The molecule has 1 aliphatic rings. The van der Waals surface area contributed by atoms with Gasteiger partial charge >= 0.3 is 0 Å². The van der Waals surface area contributed by atoms with Crippen LogP contribution in [0, 0.1) is 0 Å². The Morgan fingerprint density at radius 2 is 2.08 bits per heavy atom. The van der Waals surface area contributed by atoms with Gasteiger partial charge in [-0.25, -0.2) is 4.98 Å². The third-order valence-corrected chi connectivity index (χ3v) is 4.49. The van der Waals surface area contributed by atoms with Gasteiger partial charge in [0.1, 0.15) is 16.7 Å². The fourth-order valence-electron chi connectivity index (χ4n) is 3.13. The molecule has 1 aromatic heterocycles. The number of likely N-dealkylation sites (tertiary alicyclic amines) is 1. The zero-order valence-electron chi connectivity index (χ0n) is 13.7. The van der Waals surface area contributed by atoms with Crippen molar-refractivity contribution in [1.82, 2.24) is 9.88 Å². The largest absolute Gasteiger partial charge is 0.497 e. The molecule has 1 aromatic carbocycles. The molecule has 0 saturated carbocycles. The van der Waals surface area contributed by atoms with Gasteiger partial charge in [0, 0.05) is 29.9 Å². The molecule has 1 unspecified atom stereocenters. The number of pyridine rings is 1. The Hall–Kier alpha value is -2.27. The van der Waals surface area contributed by atoms with Crippen LogP contribution in [0.4, 0.5) is 0 Å². The second-order valence-electron chi connectivity index (χ2n) is 5.63. The van der Waals surface area contributed by atoms with Crippen LogP contribution >= 0.6 is 11.6 Å². The first-order valence-electron chi connectivity index (χ1n) is 7.78. The van der Waals surface area contributed by atoms with E-state index in [0.29, 0.717) is 17.3 Å². The molecule has 3 rings (SSSR count). The summed E-state index contributed by atoms with van der Waals surface area (Å²) in [7, 11) is 3.25. The number of ether oxygens (including phenoxy) is 2. The van der Waals surface area contributed by atoms with Crippen molar-refractivity contribution in [1.29, 1.82) is 0 Å². The van der Waals surface area contributed by atoms with Crippen LogP contribution in [0.15, 0.2) is 36.5 Å². The normalized spacial score (nSPS) is 17.0. The predicted octanol–water partition coefficient (Wildman–Crippen LogP) is 3.73. The summed E-state index contributed by atoms with van der Waals surface area (Å²) in [5.74, 6) is 1.42. The quantitative estimate of drug-likeness (QED) is 0.791. The van der Waals surface area contributed by atoms with Gasteiger partial charge < -0.3 is 14.4 Å². The molecule has 0 radical (unpaired) electrons. The highest BCUT2D eigenvalue weighted by Crippen LogP contribution is 2.39. The number of methoxy groups -OCH3 is 2. The molecule has 1 amide bonds. The maximum absolute atomic E-state index is 12.9. The van der Waals surface area contributed by atoms with Gasteiger partial charge in [0.05, 0.1) is 20.3 Å². The van der Waals surface area contributed by atoms with Gasteiger partial charge in [0.15, 0.2) is 0 Å². The Morgan fingerprint density at radius 3 is 2.79 bits per heavy atom. The van der Waals surface area contributed by atoms with Gasteiger partial charge in [-0.05, 0) is 37.1 Å². The number of aromatic nitrogens is 1. The fraction of sp³-hybridized carbons (Fsp3) is 0.333. The molecule has 1 atom stereocenters. The number of carbonyl (C=O) groups is 1. The Bertz CT molecular complexity index is 751. The smallest absolute Gasteiger partial charge is 0.254 e. The van der Waals surface area contributed by atoms with Gasteiger partial charge in [-0.1, -0.05) is 11.6 Å². The van der Waals surface area contributed by atoms with Gasteiger partial charge in [-0.3, -0.25) is 4.79 Å². The maximum atomic E-state index is 12.9. The SMILES string of the molecule is COc1ccc(C2CCCN2C(=O)c2ccnc(Cl)c2)c(OC)c1. The van der Waals surface area contributed by atoms with E-state index in [1.54, 1.807) is 32.5 Å². The molecular formula is C18H19ClN2O3. The van der Waals surface area contributed by atoms with Crippen LogP contribution in [0.2, 0.25) is 5.15 Å². The molecule has 6 heteroatoms. The van der Waals surface area contributed by atoms with Crippen molar-refractivity contribution in [2.45, 2.75) is 18.9 Å². The van der Waals surface area contributed by atoms with Gasteiger partial charge in [-0.2, -0.15) is 0 Å². The number of carbonyl (C=O) groups excluding carboxylic acids is 1. The van der Waals surface area contributed by atoms with E-state index in [1.165, 1.54) is 0 Å². The second kappa shape index (κ2) is 7.09. The van der Waals surface area contributed by atoms with E-state index in [-0.39, 0.29) is 11.9 Å². The van der Waals surface area contributed by atoms with Crippen LogP contribution in [0.1, 0.15) is 34.8 Å². The molecule has 1 fully saturated rings. The van der Waals surface area contributed by atoms with E-state index in [1.807, 2.05) is 23.1 Å². The lowest BCUT2D eigenvalue weighted by atomic mass is 10.0. The second-order valence-corrected chi connectivity index (χ2v) is 6.02. The lowest BCUT2D eigenvalue weighted by Crippen LogP contribution is -2.30. The lowest BCUT2D eigenvalue weighted by Gasteiger charge is -2.26. The first-order valence-corrected chi connectivity index (χ1v) is 8.16. The van der Waals surface area contributed by atoms with E-state index in [0.717, 1.165) is 29.9 Å². The molecular weight excluding hydrogens is 328 g/mol. The molecule has 2 aromatic rings. The van der Waals surface area contributed by atoms with Crippen LogP contribution in [-0.2, 0) is 0 Å². The minimum Gasteiger partial charge on any atom is -0.497 e.